The average Bonchev–Trinajstić information content (AvgIpc) is 3.33. The molecule has 0 unspecified atom stereocenters. The normalized spacial score (nSPS) is 10.8. The minimum atomic E-state index is 0.365. The molecule has 0 radical (unpaired) electrons. The lowest BCUT2D eigenvalue weighted by Gasteiger charge is -2.23. The summed E-state index contributed by atoms with van der Waals surface area (Å²) in [5.74, 6) is 0. The van der Waals surface area contributed by atoms with Crippen molar-refractivity contribution < 1.29 is 9.53 Å². The van der Waals surface area contributed by atoms with Crippen LogP contribution in [0.15, 0.2) is 103 Å². The van der Waals surface area contributed by atoms with Crippen molar-refractivity contribution in [2.24, 2.45) is 0 Å². The van der Waals surface area contributed by atoms with E-state index in [1.165, 1.54) is 5.00 Å². The molecule has 0 spiro atoms. The highest BCUT2D eigenvalue weighted by Gasteiger charge is 2.12. The highest BCUT2D eigenvalue weighted by molar-refractivity contribution is 7.14. The standard InChI is InChI=1S/C26H21NO2S/c28-19-22-7-4-5-8-23(22)20-29-17-16-21-12-14-25(15-13-21)27(26-11-6-18-30-26)24-9-2-1-3-10-24/h1-19H,20H2/b17-16-. The molecule has 0 aliphatic carbocycles. The van der Waals surface area contributed by atoms with Crippen molar-refractivity contribution in [3.05, 3.63) is 119 Å². The molecule has 0 aliphatic rings. The third-order valence-corrected chi connectivity index (χ3v) is 5.52. The van der Waals surface area contributed by atoms with E-state index < -0.39 is 0 Å². The van der Waals surface area contributed by atoms with E-state index in [1.807, 2.05) is 42.5 Å². The van der Waals surface area contributed by atoms with Crippen LogP contribution < -0.4 is 4.90 Å². The van der Waals surface area contributed by atoms with Gasteiger partial charge in [0.1, 0.15) is 12.9 Å². The van der Waals surface area contributed by atoms with Crippen molar-refractivity contribution in [3.63, 3.8) is 0 Å². The van der Waals surface area contributed by atoms with E-state index in [0.717, 1.165) is 28.8 Å². The Morgan fingerprint density at radius 3 is 2.27 bits per heavy atom. The van der Waals surface area contributed by atoms with Crippen LogP contribution in [-0.2, 0) is 11.3 Å². The zero-order chi connectivity index (χ0) is 20.6. The third kappa shape index (κ3) is 4.67. The van der Waals surface area contributed by atoms with E-state index in [1.54, 1.807) is 23.7 Å². The first-order valence-electron chi connectivity index (χ1n) is 9.65. The van der Waals surface area contributed by atoms with Gasteiger partial charge in [-0.15, -0.1) is 11.3 Å². The van der Waals surface area contributed by atoms with Gasteiger partial charge < -0.3 is 9.64 Å². The molecule has 0 atom stereocenters. The second-order valence-electron chi connectivity index (χ2n) is 6.64. The molecule has 0 saturated carbocycles. The van der Waals surface area contributed by atoms with Gasteiger partial charge in [0.25, 0.3) is 0 Å². The first-order valence-corrected chi connectivity index (χ1v) is 10.5. The van der Waals surface area contributed by atoms with Crippen LogP contribution >= 0.6 is 11.3 Å². The minimum Gasteiger partial charge on any atom is -0.496 e. The molecule has 3 nitrogen and oxygen atoms in total. The predicted octanol–water partition coefficient (Wildman–Crippen LogP) is 7.22. The van der Waals surface area contributed by atoms with Crippen molar-refractivity contribution in [2.45, 2.75) is 6.61 Å². The van der Waals surface area contributed by atoms with Crippen molar-refractivity contribution in [1.82, 2.24) is 0 Å². The van der Waals surface area contributed by atoms with Crippen LogP contribution in [0.5, 0.6) is 0 Å². The molecule has 0 N–H and O–H groups in total. The third-order valence-electron chi connectivity index (χ3n) is 4.67. The van der Waals surface area contributed by atoms with Gasteiger partial charge in [-0.25, -0.2) is 0 Å². The minimum absolute atomic E-state index is 0.365. The van der Waals surface area contributed by atoms with Crippen molar-refractivity contribution >= 4 is 40.1 Å². The summed E-state index contributed by atoms with van der Waals surface area (Å²) in [6.45, 7) is 0.365. The van der Waals surface area contributed by atoms with E-state index in [-0.39, 0.29) is 0 Å². The summed E-state index contributed by atoms with van der Waals surface area (Å²) in [4.78, 5) is 13.3. The van der Waals surface area contributed by atoms with Gasteiger partial charge in [0.05, 0.1) is 11.3 Å². The lowest BCUT2D eigenvalue weighted by atomic mass is 10.1. The van der Waals surface area contributed by atoms with Crippen LogP contribution in [0.3, 0.4) is 0 Å². The molecule has 0 amide bonds. The molecule has 1 aromatic heterocycles. The molecular formula is C26H21NO2S. The van der Waals surface area contributed by atoms with Gasteiger partial charge in [-0.3, -0.25) is 4.79 Å². The lowest BCUT2D eigenvalue weighted by molar-refractivity contribution is 0.112. The Bertz CT molecular complexity index is 1100. The summed E-state index contributed by atoms with van der Waals surface area (Å²) in [6, 6.07) is 30.3. The van der Waals surface area contributed by atoms with Gasteiger partial charge >= 0.3 is 0 Å². The summed E-state index contributed by atoms with van der Waals surface area (Å²) < 4.78 is 5.62. The van der Waals surface area contributed by atoms with E-state index in [9.17, 15) is 4.79 Å². The van der Waals surface area contributed by atoms with Gasteiger partial charge in [-0.2, -0.15) is 0 Å². The quantitative estimate of drug-likeness (QED) is 0.226. The molecule has 4 aromatic rings. The smallest absolute Gasteiger partial charge is 0.150 e. The molecule has 3 aromatic carbocycles. The van der Waals surface area contributed by atoms with E-state index in [2.05, 4.69) is 58.8 Å². The molecule has 0 saturated heterocycles. The summed E-state index contributed by atoms with van der Waals surface area (Å²) in [5.41, 5.74) is 4.80. The number of hydrogen-bond acceptors (Lipinski definition) is 4. The number of thiophene rings is 1. The maximum atomic E-state index is 11.1. The molecular weight excluding hydrogens is 390 g/mol. The molecule has 0 fully saturated rings. The van der Waals surface area contributed by atoms with Gasteiger partial charge in [0, 0.05) is 16.9 Å². The van der Waals surface area contributed by atoms with Gasteiger partial charge in [0.2, 0.25) is 0 Å². The Labute approximate surface area is 180 Å². The van der Waals surface area contributed by atoms with Crippen LogP contribution in [-0.4, -0.2) is 6.29 Å². The number of nitrogens with zero attached hydrogens (tertiary/aromatic N) is 1. The average molecular weight is 412 g/mol. The van der Waals surface area contributed by atoms with Crippen molar-refractivity contribution in [3.8, 4) is 0 Å². The highest BCUT2D eigenvalue weighted by atomic mass is 32.1. The maximum absolute atomic E-state index is 11.1. The summed E-state index contributed by atoms with van der Waals surface area (Å²) in [7, 11) is 0. The number of anilines is 3. The molecule has 4 rings (SSSR count). The second-order valence-corrected chi connectivity index (χ2v) is 7.57. The monoisotopic (exact) mass is 411 g/mol. The Balaban J connectivity index is 1.46. The Kier molecular flexibility index (Phi) is 6.38. The second kappa shape index (κ2) is 9.72. The lowest BCUT2D eigenvalue weighted by Crippen LogP contribution is -2.07. The predicted molar refractivity (Wildman–Crippen MR) is 125 cm³/mol. The van der Waals surface area contributed by atoms with Gasteiger partial charge in [-0.1, -0.05) is 54.6 Å². The van der Waals surface area contributed by atoms with Crippen molar-refractivity contribution in [2.75, 3.05) is 4.90 Å². The fourth-order valence-corrected chi connectivity index (χ4v) is 3.93. The Morgan fingerprint density at radius 1 is 0.800 bits per heavy atom. The number of para-hydroxylation sites is 1. The number of benzene rings is 3. The van der Waals surface area contributed by atoms with Crippen LogP contribution in [0.2, 0.25) is 0 Å². The zero-order valence-corrected chi connectivity index (χ0v) is 17.2. The summed E-state index contributed by atoms with van der Waals surface area (Å²) in [6.07, 6.45) is 4.45. The number of hydrogen-bond donors (Lipinski definition) is 0. The summed E-state index contributed by atoms with van der Waals surface area (Å²) in [5, 5.41) is 3.25. The number of rotatable bonds is 8. The van der Waals surface area contributed by atoms with Crippen LogP contribution in [0.1, 0.15) is 21.5 Å². The van der Waals surface area contributed by atoms with Crippen LogP contribution in [0.25, 0.3) is 6.08 Å². The fourth-order valence-electron chi connectivity index (χ4n) is 3.16. The zero-order valence-electron chi connectivity index (χ0n) is 16.3. The SMILES string of the molecule is O=Cc1ccccc1CO/C=C\c1ccc(N(c2ccccc2)c2cccs2)cc1. The molecule has 0 bridgehead atoms. The topological polar surface area (TPSA) is 29.5 Å². The van der Waals surface area contributed by atoms with Crippen molar-refractivity contribution in [1.29, 1.82) is 0 Å². The molecule has 4 heteroatoms. The maximum Gasteiger partial charge on any atom is 0.150 e. The Morgan fingerprint density at radius 2 is 1.53 bits per heavy atom. The van der Waals surface area contributed by atoms with E-state index in [0.29, 0.717) is 12.2 Å². The molecule has 1 heterocycles. The summed E-state index contributed by atoms with van der Waals surface area (Å²) >= 11 is 1.71. The molecule has 0 aliphatic heterocycles. The number of carbonyl (C=O) groups is 1. The van der Waals surface area contributed by atoms with Crippen LogP contribution in [0.4, 0.5) is 16.4 Å². The van der Waals surface area contributed by atoms with E-state index in [4.69, 9.17) is 4.74 Å². The largest absolute Gasteiger partial charge is 0.496 e. The first kappa shape index (κ1) is 19.7. The highest BCUT2D eigenvalue weighted by Crippen LogP contribution is 2.37. The number of ether oxygens (including phenoxy) is 1. The van der Waals surface area contributed by atoms with Gasteiger partial charge in [0.15, 0.2) is 0 Å². The molecule has 30 heavy (non-hydrogen) atoms. The van der Waals surface area contributed by atoms with E-state index >= 15 is 0 Å². The first-order chi connectivity index (χ1) is 14.8. The number of carbonyl (C=O) groups excluding carboxylic acids is 1. The van der Waals surface area contributed by atoms with Gasteiger partial charge in [-0.05, 0) is 59.0 Å². The fraction of sp³-hybridized carbons (Fsp3) is 0.0385. The van der Waals surface area contributed by atoms with Crippen LogP contribution in [0, 0.1) is 0 Å². The Hall–Kier alpha value is -3.63. The molecule has 148 valence electrons. The number of aldehydes is 1.